The summed E-state index contributed by atoms with van der Waals surface area (Å²) in [6, 6.07) is 7.86. The van der Waals surface area contributed by atoms with E-state index in [-0.39, 0.29) is 41.7 Å². The minimum Gasteiger partial charge on any atom is -0.511 e. The molecule has 0 spiro atoms. The van der Waals surface area contributed by atoms with Gasteiger partial charge in [-0.3, -0.25) is 14.4 Å². The molecule has 0 saturated heterocycles. The number of carbonyl (C=O) groups is 3. The smallest absolute Gasteiger partial charge is 0.255 e. The molecule has 3 aliphatic rings. The van der Waals surface area contributed by atoms with Gasteiger partial charge in [0.1, 0.15) is 28.6 Å². The summed E-state index contributed by atoms with van der Waals surface area (Å²) in [5.41, 5.74) is 3.17. The van der Waals surface area contributed by atoms with Gasteiger partial charge >= 0.3 is 0 Å². The summed E-state index contributed by atoms with van der Waals surface area (Å²) in [6.07, 6.45) is -0.0455. The van der Waals surface area contributed by atoms with Crippen molar-refractivity contribution >= 4 is 23.2 Å². The summed E-state index contributed by atoms with van der Waals surface area (Å²) in [5, 5.41) is 53.8. The van der Waals surface area contributed by atoms with Crippen LogP contribution in [0, 0.1) is 23.7 Å². The lowest BCUT2D eigenvalue weighted by Gasteiger charge is -2.45. The highest BCUT2D eigenvalue weighted by Crippen LogP contribution is 2.52. The predicted octanol–water partition coefficient (Wildman–Crippen LogP) is 1.75. The maximum atomic E-state index is 13.9. The average Bonchev–Trinajstić information content (AvgIpc) is 2.85. The number of hydrogen-bond donors (Lipinski definition) is 6. The van der Waals surface area contributed by atoms with Gasteiger partial charge in [-0.25, -0.2) is 0 Å². The van der Waals surface area contributed by atoms with E-state index in [2.05, 4.69) is 11.8 Å². The zero-order chi connectivity index (χ0) is 28.4. The van der Waals surface area contributed by atoms with Crippen LogP contribution in [0.3, 0.4) is 0 Å². The van der Waals surface area contributed by atoms with Crippen molar-refractivity contribution in [1.82, 2.24) is 0 Å². The number of anilines is 1. The van der Waals surface area contributed by atoms with Gasteiger partial charge in [0, 0.05) is 43.3 Å². The van der Waals surface area contributed by atoms with Crippen molar-refractivity contribution in [3.63, 3.8) is 0 Å². The molecule has 0 saturated carbocycles. The minimum absolute atomic E-state index is 0.0162. The van der Waals surface area contributed by atoms with Gasteiger partial charge in [-0.1, -0.05) is 17.9 Å². The summed E-state index contributed by atoms with van der Waals surface area (Å²) in [7, 11) is 3.53. The van der Waals surface area contributed by atoms with Crippen molar-refractivity contribution in [2.45, 2.75) is 24.9 Å². The van der Waals surface area contributed by atoms with E-state index in [4.69, 9.17) is 5.73 Å². The maximum absolute atomic E-state index is 13.9. The number of amides is 1. The van der Waals surface area contributed by atoms with Crippen LogP contribution in [-0.2, 0) is 16.0 Å². The number of fused-ring (bicyclic) bond motifs is 3. The van der Waals surface area contributed by atoms with E-state index >= 15 is 0 Å². The molecular weight excluding hydrogens is 504 g/mol. The second kappa shape index (κ2) is 8.92. The van der Waals surface area contributed by atoms with E-state index in [1.54, 1.807) is 37.2 Å². The van der Waals surface area contributed by atoms with E-state index in [0.717, 1.165) is 0 Å². The quantitative estimate of drug-likeness (QED) is 0.249. The summed E-state index contributed by atoms with van der Waals surface area (Å²) in [5.74, 6) is -1.14. The maximum Gasteiger partial charge on any atom is 0.255 e. The first-order chi connectivity index (χ1) is 18.4. The monoisotopic (exact) mass is 530 g/mol. The SMILES string of the molecule is CN(C)c1cc(C#Cc2cccc(O)c2)c(O)c2c1C[C@H]1C[C@H]3CC(O)=C(C(N)=O)C(=O)[C@@]3(O)C(O)=C1C2=O. The van der Waals surface area contributed by atoms with Crippen LogP contribution in [0.2, 0.25) is 0 Å². The minimum atomic E-state index is -2.62. The van der Waals surface area contributed by atoms with Crippen LogP contribution in [0.1, 0.15) is 39.9 Å². The third kappa shape index (κ3) is 3.82. The number of aromatic hydroxyl groups is 2. The third-order valence-electron chi connectivity index (χ3n) is 7.71. The molecule has 2 aromatic rings. The molecule has 0 radical (unpaired) electrons. The summed E-state index contributed by atoms with van der Waals surface area (Å²) < 4.78 is 0. The fraction of sp³-hybridized carbons (Fsp3) is 0.276. The number of aliphatic hydroxyl groups is 3. The number of nitrogens with two attached hydrogens (primary N) is 1. The van der Waals surface area contributed by atoms with Crippen LogP contribution in [0.5, 0.6) is 11.5 Å². The van der Waals surface area contributed by atoms with Gasteiger partial charge < -0.3 is 36.2 Å². The average molecular weight is 531 g/mol. The Balaban J connectivity index is 1.68. The number of hydrogen-bond acceptors (Lipinski definition) is 9. The van der Waals surface area contributed by atoms with Crippen molar-refractivity contribution in [3.8, 4) is 23.3 Å². The number of nitrogens with zero attached hydrogens (tertiary/aromatic N) is 1. The van der Waals surface area contributed by atoms with Gasteiger partial charge in [-0.05, 0) is 48.6 Å². The van der Waals surface area contributed by atoms with Gasteiger partial charge in [-0.2, -0.15) is 0 Å². The molecule has 0 aromatic heterocycles. The molecule has 0 unspecified atom stereocenters. The van der Waals surface area contributed by atoms with Crippen molar-refractivity contribution in [2.24, 2.45) is 17.6 Å². The molecule has 0 aliphatic heterocycles. The molecule has 1 amide bonds. The number of ketones is 2. The molecule has 200 valence electrons. The van der Waals surface area contributed by atoms with Crippen molar-refractivity contribution in [2.75, 3.05) is 19.0 Å². The van der Waals surface area contributed by atoms with Crippen LogP contribution in [-0.4, -0.2) is 62.7 Å². The predicted molar refractivity (Wildman–Crippen MR) is 139 cm³/mol. The van der Waals surface area contributed by atoms with Crippen molar-refractivity contribution in [3.05, 3.63) is 75.3 Å². The molecule has 7 N–H and O–H groups in total. The second-order valence-electron chi connectivity index (χ2n) is 10.3. The van der Waals surface area contributed by atoms with Gasteiger partial charge in [0.05, 0.1) is 11.1 Å². The lowest BCUT2D eigenvalue weighted by molar-refractivity contribution is -0.144. The topological polar surface area (TPSA) is 182 Å². The Morgan fingerprint density at radius 3 is 2.44 bits per heavy atom. The summed E-state index contributed by atoms with van der Waals surface area (Å²) in [6.45, 7) is 0. The summed E-state index contributed by atoms with van der Waals surface area (Å²) >= 11 is 0. The molecule has 39 heavy (non-hydrogen) atoms. The van der Waals surface area contributed by atoms with Gasteiger partial charge in [-0.15, -0.1) is 0 Å². The van der Waals surface area contributed by atoms with E-state index in [9.17, 15) is 39.9 Å². The molecule has 10 nitrogen and oxygen atoms in total. The zero-order valence-corrected chi connectivity index (χ0v) is 21.1. The first-order valence-electron chi connectivity index (χ1n) is 12.2. The first kappa shape index (κ1) is 25.9. The molecule has 0 fully saturated rings. The van der Waals surface area contributed by atoms with Crippen molar-refractivity contribution in [1.29, 1.82) is 0 Å². The Morgan fingerprint density at radius 2 is 1.79 bits per heavy atom. The fourth-order valence-electron chi connectivity index (χ4n) is 5.88. The van der Waals surface area contributed by atoms with E-state index in [1.165, 1.54) is 12.1 Å². The second-order valence-corrected chi connectivity index (χ2v) is 10.3. The molecule has 2 aromatic carbocycles. The normalized spacial score (nSPS) is 23.9. The number of carbonyl (C=O) groups excluding carboxylic acids is 3. The Morgan fingerprint density at radius 1 is 1.08 bits per heavy atom. The van der Waals surface area contributed by atoms with Crippen LogP contribution in [0.25, 0.3) is 0 Å². The number of phenolic OH excluding ortho intramolecular Hbond substituents is 2. The number of Topliss-reactive ketones (excluding diaryl/α,β-unsaturated/α-hetero) is 2. The van der Waals surface area contributed by atoms with Crippen molar-refractivity contribution < 1.29 is 39.9 Å². The Kier molecular flexibility index (Phi) is 5.92. The molecule has 0 heterocycles. The van der Waals surface area contributed by atoms with Crippen LogP contribution >= 0.6 is 0 Å². The highest BCUT2D eigenvalue weighted by Gasteiger charge is 2.59. The lowest BCUT2D eigenvalue weighted by atomic mass is 9.60. The van der Waals surface area contributed by atoms with Crippen LogP contribution in [0.15, 0.2) is 53.0 Å². The molecular formula is C29H26N2O8. The molecule has 5 rings (SSSR count). The molecule has 3 aliphatic carbocycles. The number of phenols is 2. The van der Waals surface area contributed by atoms with Crippen LogP contribution < -0.4 is 10.6 Å². The Bertz CT molecular complexity index is 1610. The molecule has 0 bridgehead atoms. The van der Waals surface area contributed by atoms with E-state index in [0.29, 0.717) is 16.8 Å². The number of primary amides is 1. The Hall–Kier alpha value is -4.75. The van der Waals surface area contributed by atoms with Gasteiger partial charge in [0.25, 0.3) is 5.91 Å². The number of benzene rings is 2. The lowest BCUT2D eigenvalue weighted by Crippen LogP contribution is -2.57. The van der Waals surface area contributed by atoms with Gasteiger partial charge in [0.2, 0.25) is 5.78 Å². The first-order valence-corrected chi connectivity index (χ1v) is 12.2. The molecule has 10 heteroatoms. The van der Waals surface area contributed by atoms with Crippen LogP contribution in [0.4, 0.5) is 5.69 Å². The highest BCUT2D eigenvalue weighted by molar-refractivity contribution is 6.24. The van der Waals surface area contributed by atoms with Gasteiger partial charge in [0.15, 0.2) is 11.4 Å². The third-order valence-corrected chi connectivity index (χ3v) is 7.71. The van der Waals surface area contributed by atoms with E-state index in [1.807, 2.05) is 0 Å². The Labute approximate surface area is 223 Å². The number of allylic oxidation sites excluding steroid dienone is 2. The highest BCUT2D eigenvalue weighted by atomic mass is 16.3. The number of rotatable bonds is 2. The molecule has 3 atom stereocenters. The zero-order valence-electron chi connectivity index (χ0n) is 21.1. The number of aliphatic hydroxyl groups excluding tert-OH is 2. The standard InChI is InChI=1S/C29H26N2O8/c1-31(2)19-11-14(7-6-13-4-3-5-17(32)8-13)24(34)22-18(19)10-15-9-16-12-20(33)23(28(30)38)27(37)29(16,39)26(36)21(15)25(22)35/h3-5,8,11,15-16,32-34,36,39H,9-10,12H2,1-2H3,(H2,30,38)/t15-,16+,29+/m1/s1. The van der Waals surface area contributed by atoms with E-state index < -0.39 is 57.8 Å². The largest absolute Gasteiger partial charge is 0.511 e. The fourth-order valence-corrected chi connectivity index (χ4v) is 5.88. The summed E-state index contributed by atoms with van der Waals surface area (Å²) in [4.78, 5) is 40.6.